The minimum atomic E-state index is -0.849. The van der Waals surface area contributed by atoms with Crippen molar-refractivity contribution in [3.63, 3.8) is 0 Å². The third-order valence-electron chi connectivity index (χ3n) is 7.47. The van der Waals surface area contributed by atoms with Gasteiger partial charge in [0.2, 0.25) is 0 Å². The van der Waals surface area contributed by atoms with Gasteiger partial charge in [-0.25, -0.2) is 19.2 Å². The third kappa shape index (κ3) is 15.3. The summed E-state index contributed by atoms with van der Waals surface area (Å²) >= 11 is 0. The fraction of sp³-hybridized carbons (Fsp3) is 0.500. The molecule has 0 aliphatic heterocycles. The summed E-state index contributed by atoms with van der Waals surface area (Å²) < 4.78 is 19.5. The number of hydrogen-bond donors (Lipinski definition) is 1. The highest BCUT2D eigenvalue weighted by molar-refractivity contribution is 8.33. The maximum atomic E-state index is 13.4. The molecule has 0 fully saturated rings. The van der Waals surface area contributed by atoms with E-state index in [4.69, 9.17) is 4.74 Å². The van der Waals surface area contributed by atoms with Crippen LogP contribution < -0.4 is 0 Å². The van der Waals surface area contributed by atoms with Crippen LogP contribution in [0.1, 0.15) is 88.5 Å². The number of carbonyl (C=O) groups is 2. The Balaban J connectivity index is 0.000000964. The molecule has 1 atom stereocenters. The van der Waals surface area contributed by atoms with Crippen LogP contribution in [-0.4, -0.2) is 81.1 Å². The molecule has 3 aromatic rings. The van der Waals surface area contributed by atoms with Crippen LogP contribution in [0, 0.1) is 5.82 Å². The number of aliphatic hydroxyl groups excluding tert-OH is 1. The highest BCUT2D eigenvalue weighted by atomic mass is 32.3. The predicted octanol–water partition coefficient (Wildman–Crippen LogP) is 8.51. The van der Waals surface area contributed by atoms with Gasteiger partial charge in [-0.15, -0.1) is 0 Å². The molecule has 47 heavy (non-hydrogen) atoms. The lowest BCUT2D eigenvalue weighted by Gasteiger charge is -2.40. The number of pyridine rings is 1. The number of hydrogen-bond acceptors (Lipinski definition) is 5. The van der Waals surface area contributed by atoms with Crippen LogP contribution in [0.25, 0.3) is 0 Å². The molecule has 0 radical (unpaired) electrons. The topological polar surface area (TPSA) is 83.0 Å². The van der Waals surface area contributed by atoms with E-state index in [1.807, 2.05) is 56.3 Å². The van der Waals surface area contributed by atoms with Crippen molar-refractivity contribution in [2.75, 3.05) is 38.9 Å². The molecule has 0 bridgehead atoms. The van der Waals surface area contributed by atoms with Crippen molar-refractivity contribution in [3.05, 3.63) is 101 Å². The molecule has 262 valence electrons. The molecular formula is C38H58FN3O4S. The van der Waals surface area contributed by atoms with Gasteiger partial charge in [0.1, 0.15) is 11.4 Å². The first kappa shape index (κ1) is 41.6. The number of halogens is 1. The third-order valence-corrected chi connectivity index (χ3v) is 11.1. The fourth-order valence-corrected chi connectivity index (χ4v) is 3.76. The van der Waals surface area contributed by atoms with Crippen LogP contribution in [0.2, 0.25) is 0 Å². The average Bonchev–Trinajstić information content (AvgIpc) is 2.99. The van der Waals surface area contributed by atoms with Crippen molar-refractivity contribution in [2.45, 2.75) is 84.8 Å². The van der Waals surface area contributed by atoms with E-state index in [0.717, 1.165) is 17.3 Å². The number of rotatable bonds is 9. The molecule has 7 nitrogen and oxygen atoms in total. The number of ether oxygens (including phenoxy) is 1. The van der Waals surface area contributed by atoms with E-state index in [1.54, 1.807) is 40.0 Å². The van der Waals surface area contributed by atoms with Crippen molar-refractivity contribution in [2.24, 2.45) is 0 Å². The van der Waals surface area contributed by atoms with Crippen molar-refractivity contribution in [1.29, 1.82) is 0 Å². The van der Waals surface area contributed by atoms with E-state index < -0.39 is 23.6 Å². The van der Waals surface area contributed by atoms with E-state index >= 15 is 0 Å². The van der Waals surface area contributed by atoms with Crippen LogP contribution in [0.3, 0.4) is 0 Å². The molecule has 0 spiro atoms. The van der Waals surface area contributed by atoms with Gasteiger partial charge in [0, 0.05) is 31.9 Å². The van der Waals surface area contributed by atoms with Gasteiger partial charge in [-0.05, 0) is 85.6 Å². The zero-order valence-electron chi connectivity index (χ0n) is 30.6. The Kier molecular flexibility index (Phi) is 16.6. The lowest BCUT2D eigenvalue weighted by molar-refractivity contribution is 0.0147. The summed E-state index contributed by atoms with van der Waals surface area (Å²) in [6, 6.07) is 17.7. The van der Waals surface area contributed by atoms with Crippen LogP contribution in [0.4, 0.5) is 9.18 Å². The van der Waals surface area contributed by atoms with Gasteiger partial charge in [-0.2, -0.15) is 0 Å². The summed E-state index contributed by atoms with van der Waals surface area (Å²) in [7, 11) is 1.31. The normalized spacial score (nSPS) is 12.4. The molecule has 2 aromatic carbocycles. The Morgan fingerprint density at radius 3 is 1.96 bits per heavy atom. The molecule has 3 rings (SSSR count). The zero-order chi connectivity index (χ0) is 36.0. The monoisotopic (exact) mass is 671 g/mol. The molecule has 1 unspecified atom stereocenters. The van der Waals surface area contributed by atoms with E-state index in [9.17, 15) is 19.1 Å². The Morgan fingerprint density at radius 2 is 1.47 bits per heavy atom. The maximum Gasteiger partial charge on any atom is 0.410 e. The molecule has 9 heteroatoms. The Hall–Kier alpha value is -3.43. The summed E-state index contributed by atoms with van der Waals surface area (Å²) in [5.41, 5.74) is 2.09. The summed E-state index contributed by atoms with van der Waals surface area (Å²) in [6.45, 7) is 17.0. The molecule has 1 N–H and O–H groups in total. The van der Waals surface area contributed by atoms with Crippen LogP contribution in [0.15, 0.2) is 73.1 Å². The molecule has 0 aliphatic rings. The van der Waals surface area contributed by atoms with E-state index in [2.05, 4.69) is 44.5 Å². The maximum absolute atomic E-state index is 13.4. The van der Waals surface area contributed by atoms with Crippen molar-refractivity contribution >= 4 is 22.0 Å². The second kappa shape index (κ2) is 18.8. The first-order valence-corrected chi connectivity index (χ1v) is 19.0. The second-order valence-corrected chi connectivity index (χ2v) is 18.8. The van der Waals surface area contributed by atoms with Gasteiger partial charge in [0.05, 0.1) is 18.8 Å². The molecule has 0 saturated heterocycles. The molecule has 1 aromatic heterocycles. The van der Waals surface area contributed by atoms with Crippen LogP contribution in [-0.2, 0) is 17.7 Å². The molecule has 0 saturated carbocycles. The number of aliphatic hydroxyl groups is 1. The average molecular weight is 672 g/mol. The van der Waals surface area contributed by atoms with Gasteiger partial charge in [-0.1, -0.05) is 77.1 Å². The van der Waals surface area contributed by atoms with E-state index in [-0.39, 0.29) is 29.0 Å². The van der Waals surface area contributed by atoms with Crippen LogP contribution in [0.5, 0.6) is 0 Å². The summed E-state index contributed by atoms with van der Waals surface area (Å²) in [5, 5.41) is 10.7. The number of benzene rings is 2. The number of carbonyl (C=O) groups excluding carboxylic acids is 2. The largest absolute Gasteiger partial charge is 0.444 e. The first-order chi connectivity index (χ1) is 21.8. The van der Waals surface area contributed by atoms with Gasteiger partial charge in [-0.3, -0.25) is 9.78 Å². The predicted molar refractivity (Wildman–Crippen MR) is 196 cm³/mol. The molecular weight excluding hydrogens is 614 g/mol. The molecule has 2 amide bonds. The fourth-order valence-electron chi connectivity index (χ4n) is 3.76. The van der Waals surface area contributed by atoms with Crippen molar-refractivity contribution < 1.29 is 23.8 Å². The molecule has 1 heterocycles. The Morgan fingerprint density at radius 1 is 0.915 bits per heavy atom. The Bertz CT molecular complexity index is 1350. The summed E-state index contributed by atoms with van der Waals surface area (Å²) in [4.78, 5) is 32.5. The minimum absolute atomic E-state index is 0.0925. The SMILES string of the molecule is CC.CC(C)(C)S(C)(C)C.CN(Cc1cncc(F)c1)C(=O)c1ccc(CCN(CC(O)c2ccccc2)C(=O)OC(C)(C)C)cc1. The van der Waals surface area contributed by atoms with Crippen molar-refractivity contribution in [1.82, 2.24) is 14.8 Å². The highest BCUT2D eigenvalue weighted by Gasteiger charge is 2.25. The van der Waals surface area contributed by atoms with Gasteiger partial charge in [0.25, 0.3) is 5.91 Å². The van der Waals surface area contributed by atoms with E-state index in [0.29, 0.717) is 28.8 Å². The van der Waals surface area contributed by atoms with Crippen molar-refractivity contribution in [3.8, 4) is 0 Å². The standard InChI is InChI=1S/C29H34FN3O4.C7H18S.C2H6/c1-29(2,3)37-28(36)33(20-26(34)23-8-6-5-7-9-23)15-14-21-10-12-24(13-11-21)27(35)32(4)19-22-16-25(30)18-31-17-22;1-7(2,3)8(4,5)6;1-2/h5-13,16-18,26,34H,14-15,19-20H2,1-4H3;1-6H3;1-2H3. The number of nitrogens with zero attached hydrogens (tertiary/aromatic N) is 3. The summed E-state index contributed by atoms with van der Waals surface area (Å²) in [5.74, 6) is -0.642. The first-order valence-electron chi connectivity index (χ1n) is 16.1. The smallest absolute Gasteiger partial charge is 0.410 e. The van der Waals surface area contributed by atoms with Gasteiger partial charge < -0.3 is 19.6 Å². The lowest BCUT2D eigenvalue weighted by atomic mass is 10.1. The van der Waals surface area contributed by atoms with Gasteiger partial charge >= 0.3 is 6.09 Å². The zero-order valence-corrected chi connectivity index (χ0v) is 31.5. The number of amides is 2. The second-order valence-electron chi connectivity index (χ2n) is 13.9. The quantitative estimate of drug-likeness (QED) is 0.247. The Labute approximate surface area is 284 Å². The molecule has 0 aliphatic carbocycles. The van der Waals surface area contributed by atoms with E-state index in [1.165, 1.54) is 22.1 Å². The number of aromatic nitrogens is 1. The minimum Gasteiger partial charge on any atom is -0.444 e. The highest BCUT2D eigenvalue weighted by Crippen LogP contribution is 2.48. The summed E-state index contributed by atoms with van der Waals surface area (Å²) in [6.07, 6.45) is 8.88. The van der Waals surface area contributed by atoms with Gasteiger partial charge in [0.15, 0.2) is 0 Å². The van der Waals surface area contributed by atoms with Crippen LogP contribution >= 0.6 is 10.0 Å². The lowest BCUT2D eigenvalue weighted by Crippen LogP contribution is -2.40.